The first kappa shape index (κ1) is 13.7. The van der Waals surface area contributed by atoms with E-state index >= 15 is 0 Å². The van der Waals surface area contributed by atoms with Gasteiger partial charge in [0, 0.05) is 0 Å². The number of nitrogens with zero attached hydrogens (tertiary/aromatic N) is 1. The summed E-state index contributed by atoms with van der Waals surface area (Å²) in [6, 6.07) is 12.4. The summed E-state index contributed by atoms with van der Waals surface area (Å²) in [4.78, 5) is 10.8. The van der Waals surface area contributed by atoms with Crippen LogP contribution in [0.2, 0.25) is 0 Å². The van der Waals surface area contributed by atoms with Gasteiger partial charge < -0.3 is 14.3 Å². The number of benzene rings is 1. The Morgan fingerprint density at radius 2 is 2.05 bits per heavy atom. The minimum atomic E-state index is -1.14. The lowest BCUT2D eigenvalue weighted by molar-refractivity contribution is 0.0660. The topological polar surface area (TPSA) is 83.5 Å². The predicted octanol–water partition coefficient (Wildman–Crippen LogP) is 2.84. The van der Waals surface area contributed by atoms with Crippen molar-refractivity contribution < 1.29 is 19.1 Å². The van der Waals surface area contributed by atoms with Crippen molar-refractivity contribution in [2.45, 2.75) is 12.3 Å². The third-order valence-corrected chi connectivity index (χ3v) is 2.94. The second kappa shape index (κ2) is 5.93. The highest BCUT2D eigenvalue weighted by Crippen LogP contribution is 2.23. The van der Waals surface area contributed by atoms with Crippen molar-refractivity contribution in [2.75, 3.05) is 7.11 Å². The monoisotopic (exact) mass is 271 g/mol. The molecule has 20 heavy (non-hydrogen) atoms. The van der Waals surface area contributed by atoms with E-state index in [2.05, 4.69) is 6.07 Å². The molecule has 1 N–H and O–H groups in total. The standard InChI is InChI=1S/C15H13NO4/c1-19-12-4-2-10(3-5-12)8-11(9-16)13-6-7-14(20-13)15(17)18/h2-7,11H,8H2,1H3,(H,17,18). The Balaban J connectivity index is 2.15. The van der Waals surface area contributed by atoms with E-state index < -0.39 is 11.9 Å². The molecule has 5 heteroatoms. The van der Waals surface area contributed by atoms with Crippen molar-refractivity contribution in [3.63, 3.8) is 0 Å². The summed E-state index contributed by atoms with van der Waals surface area (Å²) in [5.41, 5.74) is 0.950. The molecule has 5 nitrogen and oxygen atoms in total. The third kappa shape index (κ3) is 2.98. The fourth-order valence-electron chi connectivity index (χ4n) is 1.86. The van der Waals surface area contributed by atoms with Gasteiger partial charge in [0.05, 0.1) is 13.2 Å². The van der Waals surface area contributed by atoms with E-state index in [1.807, 2.05) is 24.3 Å². The third-order valence-electron chi connectivity index (χ3n) is 2.94. The molecule has 1 aromatic carbocycles. The van der Waals surface area contributed by atoms with Crippen LogP contribution in [-0.2, 0) is 6.42 Å². The number of hydrogen-bond donors (Lipinski definition) is 1. The summed E-state index contributed by atoms with van der Waals surface area (Å²) in [5, 5.41) is 18.0. The van der Waals surface area contributed by atoms with Crippen LogP contribution >= 0.6 is 0 Å². The van der Waals surface area contributed by atoms with Gasteiger partial charge in [-0.1, -0.05) is 12.1 Å². The molecular formula is C15H13NO4. The molecule has 2 rings (SSSR count). The minimum absolute atomic E-state index is 0.157. The zero-order chi connectivity index (χ0) is 14.5. The van der Waals surface area contributed by atoms with Crippen molar-refractivity contribution >= 4 is 5.97 Å². The molecule has 0 fully saturated rings. The fourth-order valence-corrected chi connectivity index (χ4v) is 1.86. The van der Waals surface area contributed by atoms with Gasteiger partial charge in [-0.05, 0) is 36.2 Å². The fraction of sp³-hybridized carbons (Fsp3) is 0.200. The number of ether oxygens (including phenoxy) is 1. The minimum Gasteiger partial charge on any atom is -0.497 e. The van der Waals surface area contributed by atoms with E-state index in [1.54, 1.807) is 7.11 Å². The lowest BCUT2D eigenvalue weighted by Gasteiger charge is -2.07. The molecule has 1 aromatic heterocycles. The first-order chi connectivity index (χ1) is 9.63. The largest absolute Gasteiger partial charge is 0.497 e. The van der Waals surface area contributed by atoms with Gasteiger partial charge in [-0.25, -0.2) is 4.79 Å². The highest BCUT2D eigenvalue weighted by Gasteiger charge is 2.18. The number of carboxylic acid groups (broad SMARTS) is 1. The van der Waals surface area contributed by atoms with Crippen molar-refractivity contribution in [2.24, 2.45) is 0 Å². The smallest absolute Gasteiger partial charge is 0.371 e. The van der Waals surface area contributed by atoms with Crippen LogP contribution in [0.5, 0.6) is 5.75 Å². The summed E-state index contributed by atoms with van der Waals surface area (Å²) in [7, 11) is 1.59. The van der Waals surface area contributed by atoms with E-state index in [4.69, 9.17) is 14.3 Å². The van der Waals surface area contributed by atoms with Gasteiger partial charge in [-0.3, -0.25) is 0 Å². The number of nitriles is 1. The molecule has 0 aliphatic rings. The van der Waals surface area contributed by atoms with Crippen LogP contribution < -0.4 is 4.74 Å². The molecule has 0 aliphatic carbocycles. The van der Waals surface area contributed by atoms with Gasteiger partial charge in [0.1, 0.15) is 17.4 Å². The summed E-state index contributed by atoms with van der Waals surface area (Å²) in [6.07, 6.45) is 0.451. The zero-order valence-corrected chi connectivity index (χ0v) is 10.9. The molecule has 0 spiro atoms. The van der Waals surface area contributed by atoms with Crippen LogP contribution in [0.25, 0.3) is 0 Å². The van der Waals surface area contributed by atoms with Crippen LogP contribution in [0, 0.1) is 11.3 Å². The zero-order valence-electron chi connectivity index (χ0n) is 10.9. The summed E-state index contributed by atoms with van der Waals surface area (Å²) in [6.45, 7) is 0. The number of carboxylic acids is 1. The van der Waals surface area contributed by atoms with Crippen molar-refractivity contribution in [3.8, 4) is 11.8 Å². The lowest BCUT2D eigenvalue weighted by Crippen LogP contribution is -2.00. The molecule has 0 saturated heterocycles. The summed E-state index contributed by atoms with van der Waals surface area (Å²) in [5.74, 6) is -0.710. The van der Waals surface area contributed by atoms with E-state index in [-0.39, 0.29) is 5.76 Å². The Hall–Kier alpha value is -2.74. The number of aromatic carboxylic acids is 1. The molecule has 2 aromatic rings. The molecule has 0 amide bonds. The van der Waals surface area contributed by atoms with E-state index in [9.17, 15) is 10.1 Å². The first-order valence-electron chi connectivity index (χ1n) is 5.99. The Bertz CT molecular complexity index is 637. The quantitative estimate of drug-likeness (QED) is 0.904. The molecule has 1 unspecified atom stereocenters. The van der Waals surface area contributed by atoms with Gasteiger partial charge >= 0.3 is 5.97 Å². The van der Waals surface area contributed by atoms with Crippen LogP contribution in [0.3, 0.4) is 0 Å². The first-order valence-corrected chi connectivity index (χ1v) is 5.99. The second-order valence-electron chi connectivity index (χ2n) is 4.24. The van der Waals surface area contributed by atoms with Crippen LogP contribution in [-0.4, -0.2) is 18.2 Å². The number of rotatable bonds is 5. The van der Waals surface area contributed by atoms with Crippen LogP contribution in [0.15, 0.2) is 40.8 Å². The SMILES string of the molecule is COc1ccc(CC(C#N)c2ccc(C(=O)O)o2)cc1. The Labute approximate surface area is 116 Å². The average Bonchev–Trinajstić information content (AvgIpc) is 2.95. The Morgan fingerprint density at radius 1 is 1.35 bits per heavy atom. The molecule has 102 valence electrons. The van der Waals surface area contributed by atoms with E-state index in [0.29, 0.717) is 12.2 Å². The van der Waals surface area contributed by atoms with Crippen molar-refractivity contribution in [1.82, 2.24) is 0 Å². The molecule has 0 aliphatic heterocycles. The Morgan fingerprint density at radius 3 is 2.55 bits per heavy atom. The molecule has 0 bridgehead atoms. The number of hydrogen-bond acceptors (Lipinski definition) is 4. The molecular weight excluding hydrogens is 258 g/mol. The highest BCUT2D eigenvalue weighted by molar-refractivity contribution is 5.84. The van der Waals surface area contributed by atoms with Crippen LogP contribution in [0.4, 0.5) is 0 Å². The maximum absolute atomic E-state index is 10.8. The molecule has 0 saturated carbocycles. The molecule has 1 atom stereocenters. The molecule has 0 radical (unpaired) electrons. The Kier molecular flexibility index (Phi) is 4.06. The van der Waals surface area contributed by atoms with E-state index in [0.717, 1.165) is 11.3 Å². The number of carbonyl (C=O) groups is 1. The number of methoxy groups -OCH3 is 1. The number of furan rings is 1. The predicted molar refractivity (Wildman–Crippen MR) is 70.7 cm³/mol. The average molecular weight is 271 g/mol. The normalized spacial score (nSPS) is 11.6. The van der Waals surface area contributed by atoms with E-state index in [1.165, 1.54) is 12.1 Å². The van der Waals surface area contributed by atoms with Gasteiger partial charge in [0.15, 0.2) is 0 Å². The van der Waals surface area contributed by atoms with Crippen molar-refractivity contribution in [3.05, 3.63) is 53.5 Å². The van der Waals surface area contributed by atoms with Crippen LogP contribution in [0.1, 0.15) is 27.8 Å². The maximum atomic E-state index is 10.8. The van der Waals surface area contributed by atoms with Crippen molar-refractivity contribution in [1.29, 1.82) is 5.26 Å². The highest BCUT2D eigenvalue weighted by atomic mass is 16.5. The summed E-state index contributed by atoms with van der Waals surface area (Å²) < 4.78 is 10.2. The van der Waals surface area contributed by atoms with Gasteiger partial charge in [0.25, 0.3) is 0 Å². The maximum Gasteiger partial charge on any atom is 0.371 e. The lowest BCUT2D eigenvalue weighted by atomic mass is 9.98. The van der Waals surface area contributed by atoms with Gasteiger partial charge in [-0.2, -0.15) is 5.26 Å². The summed E-state index contributed by atoms with van der Waals surface area (Å²) >= 11 is 0. The van der Waals surface area contributed by atoms with Gasteiger partial charge in [-0.15, -0.1) is 0 Å². The van der Waals surface area contributed by atoms with Gasteiger partial charge in [0.2, 0.25) is 5.76 Å². The second-order valence-corrected chi connectivity index (χ2v) is 4.24. The molecule has 1 heterocycles.